The maximum Gasteiger partial charge on any atom is 0.274 e. The molecule has 1 unspecified atom stereocenters. The van der Waals surface area contributed by atoms with E-state index in [0.29, 0.717) is 27.6 Å². The molecule has 1 N–H and O–H groups in total. The van der Waals surface area contributed by atoms with Gasteiger partial charge in [0.2, 0.25) is 35.0 Å². The molecule has 3 aromatic carbocycles. The summed E-state index contributed by atoms with van der Waals surface area (Å²) in [7, 11) is 1.46. The Kier molecular flexibility index (Phi) is 8.71. The van der Waals surface area contributed by atoms with E-state index in [9.17, 15) is 40.5 Å². The number of amides is 1. The summed E-state index contributed by atoms with van der Waals surface area (Å²) in [5.41, 5.74) is 1.52. The zero-order valence-corrected chi connectivity index (χ0v) is 23.3. The van der Waals surface area contributed by atoms with E-state index < -0.39 is 69.2 Å². The summed E-state index contributed by atoms with van der Waals surface area (Å²) in [6, 6.07) is 13.4. The maximum atomic E-state index is 14.2. The second-order valence-electron chi connectivity index (χ2n) is 9.36. The summed E-state index contributed by atoms with van der Waals surface area (Å²) < 4.78 is 98.0. The summed E-state index contributed by atoms with van der Waals surface area (Å²) in [5, 5.41) is 4.64. The Morgan fingerprint density at radius 1 is 0.886 bits per heavy atom. The predicted molar refractivity (Wildman–Crippen MR) is 148 cm³/mol. The minimum atomic E-state index is -3.02. The number of halogens is 6. The lowest BCUT2D eigenvalue weighted by Gasteiger charge is -2.23. The third kappa shape index (κ3) is 6.02. The highest BCUT2D eigenvalue weighted by atomic mass is 32.2. The van der Waals surface area contributed by atoms with Crippen LogP contribution in [0, 0.1) is 34.9 Å². The van der Waals surface area contributed by atoms with Crippen LogP contribution in [0.2, 0.25) is 0 Å². The largest absolute Gasteiger partial charge is 0.593 e. The first kappa shape index (κ1) is 30.7. The van der Waals surface area contributed by atoms with Crippen LogP contribution in [0.3, 0.4) is 0 Å². The summed E-state index contributed by atoms with van der Waals surface area (Å²) in [6.45, 7) is -1.06. The topological polar surface area (TPSA) is 103 Å². The molecule has 44 heavy (non-hydrogen) atoms. The minimum absolute atomic E-state index is 0.191. The van der Waals surface area contributed by atoms with Gasteiger partial charge in [-0.2, -0.15) is 13.9 Å². The molecule has 5 aromatic rings. The van der Waals surface area contributed by atoms with Gasteiger partial charge in [-0.15, -0.1) is 4.72 Å². The van der Waals surface area contributed by atoms with Crippen LogP contribution in [0.4, 0.5) is 32.0 Å². The minimum Gasteiger partial charge on any atom is -0.593 e. The second-order valence-corrected chi connectivity index (χ2v) is 10.6. The van der Waals surface area contributed by atoms with Crippen molar-refractivity contribution in [2.75, 3.05) is 11.4 Å². The molecule has 226 valence electrons. The first-order valence-corrected chi connectivity index (χ1v) is 13.7. The van der Waals surface area contributed by atoms with Crippen LogP contribution in [0.25, 0.3) is 21.9 Å². The quantitative estimate of drug-likeness (QED) is 0.116. The molecule has 15 heteroatoms. The molecule has 1 amide bonds. The Hall–Kier alpha value is -4.73. The predicted octanol–water partition coefficient (Wildman–Crippen LogP) is 4.68. The summed E-state index contributed by atoms with van der Waals surface area (Å²) in [4.78, 5) is 29.7. The van der Waals surface area contributed by atoms with Gasteiger partial charge in [-0.25, -0.2) is 22.2 Å². The monoisotopic (exact) mass is 631 g/mol. The number of carbonyl (C=O) groups is 1. The summed E-state index contributed by atoms with van der Waals surface area (Å²) in [6.07, 6.45) is 2.89. The molecule has 0 saturated heterocycles. The lowest BCUT2D eigenvalue weighted by Crippen LogP contribution is -2.40. The van der Waals surface area contributed by atoms with Crippen LogP contribution in [0.15, 0.2) is 76.7 Å². The lowest BCUT2D eigenvalue weighted by atomic mass is 10.1. The van der Waals surface area contributed by atoms with Gasteiger partial charge in [-0.05, 0) is 42.0 Å². The molecule has 2 heterocycles. The number of rotatable bonds is 8. The van der Waals surface area contributed by atoms with Gasteiger partial charge in [0, 0.05) is 29.9 Å². The Morgan fingerprint density at radius 3 is 2.16 bits per heavy atom. The van der Waals surface area contributed by atoms with Gasteiger partial charge in [0.25, 0.3) is 10.5 Å². The van der Waals surface area contributed by atoms with Gasteiger partial charge in [0.15, 0.2) is 0 Å². The van der Waals surface area contributed by atoms with Gasteiger partial charge in [0.05, 0.1) is 35.2 Å². The molecular weight excluding hydrogens is 612 g/mol. The highest BCUT2D eigenvalue weighted by Crippen LogP contribution is 2.27. The number of benzene rings is 3. The Labute approximate surface area is 247 Å². The molecule has 5 rings (SSSR count). The van der Waals surface area contributed by atoms with Gasteiger partial charge in [0.1, 0.15) is 12.4 Å². The third-order valence-corrected chi connectivity index (χ3v) is 7.71. The van der Waals surface area contributed by atoms with Gasteiger partial charge in [-0.1, -0.05) is 18.2 Å². The van der Waals surface area contributed by atoms with Crippen LogP contribution in [-0.2, 0) is 29.7 Å². The first-order valence-electron chi connectivity index (χ1n) is 12.6. The zero-order valence-electron chi connectivity index (χ0n) is 22.5. The van der Waals surface area contributed by atoms with E-state index in [0.717, 1.165) is 9.58 Å². The maximum absolute atomic E-state index is 14.2. The Bertz CT molecular complexity index is 1910. The number of hydrogen-bond donors (Lipinski definition) is 1. The number of fused-ring (bicyclic) bond motifs is 1. The summed E-state index contributed by atoms with van der Waals surface area (Å²) in [5.74, 6) is -12.8. The molecule has 8 nitrogen and oxygen atoms in total. The molecule has 2 aromatic heterocycles. The van der Waals surface area contributed by atoms with Crippen LogP contribution >= 0.6 is 0 Å². The van der Waals surface area contributed by atoms with Gasteiger partial charge < -0.3 is 9.45 Å². The van der Waals surface area contributed by atoms with Crippen molar-refractivity contribution >= 4 is 33.7 Å². The van der Waals surface area contributed by atoms with E-state index in [1.807, 2.05) is 4.72 Å². The number of aryl methyl sites for hydroxylation is 1. The fourth-order valence-electron chi connectivity index (χ4n) is 4.25. The molecule has 0 radical (unpaired) electrons. The molecule has 1 atom stereocenters. The number of carbonyl (C=O) groups excluding carboxylic acids is 1. The van der Waals surface area contributed by atoms with Crippen molar-refractivity contribution in [3.05, 3.63) is 118 Å². The molecule has 0 bridgehead atoms. The van der Waals surface area contributed by atoms with Crippen molar-refractivity contribution in [3.63, 3.8) is 0 Å². The highest BCUT2D eigenvalue weighted by Gasteiger charge is 2.34. The number of nitrogens with one attached hydrogen (secondary N) is 1. The number of nitrogens with zero attached hydrogens (tertiary/aromatic N) is 4. The van der Waals surface area contributed by atoms with E-state index in [2.05, 4.69) is 10.1 Å². The molecule has 0 spiro atoms. The molecule has 0 fully saturated rings. The van der Waals surface area contributed by atoms with Crippen molar-refractivity contribution in [3.8, 4) is 11.1 Å². The standard InChI is InChI=1S/C29H19F6N5O3S/c1-39-29(42)21-9-8-20(10-17(21)12-37-39)40(14-19-7-4-16(11-36-19)15-2-5-18(30)6-3-15)22(41)13-38-44(43)28-26(34)24(32)23(31)25(33)27(28)35/h2-12,38H,13-14H2,1H3. The van der Waals surface area contributed by atoms with E-state index >= 15 is 0 Å². The zero-order chi connectivity index (χ0) is 31.7. The van der Waals surface area contributed by atoms with Crippen molar-refractivity contribution in [1.82, 2.24) is 19.5 Å². The smallest absolute Gasteiger partial charge is 0.274 e. The molecular formula is C29H19F6N5O3S. The fourth-order valence-corrected chi connectivity index (χ4v) is 5.16. The lowest BCUT2D eigenvalue weighted by molar-refractivity contribution is -0.117. The average molecular weight is 632 g/mol. The van der Waals surface area contributed by atoms with Gasteiger partial charge >= 0.3 is 0 Å². The van der Waals surface area contributed by atoms with Crippen molar-refractivity contribution in [2.45, 2.75) is 11.4 Å². The third-order valence-electron chi connectivity index (χ3n) is 6.57. The van der Waals surface area contributed by atoms with Crippen LogP contribution < -0.4 is 15.2 Å². The molecule has 0 aliphatic heterocycles. The number of aromatic nitrogens is 3. The van der Waals surface area contributed by atoms with E-state index in [1.54, 1.807) is 24.3 Å². The second kappa shape index (κ2) is 12.5. The normalized spacial score (nSPS) is 12.0. The molecule has 0 saturated carbocycles. The van der Waals surface area contributed by atoms with Crippen molar-refractivity contribution < 1.29 is 35.7 Å². The van der Waals surface area contributed by atoms with E-state index in [4.69, 9.17) is 0 Å². The first-order chi connectivity index (χ1) is 21.0. The Balaban J connectivity index is 1.44. The summed E-state index contributed by atoms with van der Waals surface area (Å²) >= 11 is -3.02. The highest BCUT2D eigenvalue weighted by molar-refractivity contribution is 7.89. The van der Waals surface area contributed by atoms with Crippen LogP contribution in [0.1, 0.15) is 5.69 Å². The average Bonchev–Trinajstić information content (AvgIpc) is 3.03. The van der Waals surface area contributed by atoms with E-state index in [1.165, 1.54) is 49.8 Å². The van der Waals surface area contributed by atoms with E-state index in [-0.39, 0.29) is 12.2 Å². The van der Waals surface area contributed by atoms with Crippen LogP contribution in [-0.4, -0.2) is 31.8 Å². The molecule has 0 aliphatic carbocycles. The Morgan fingerprint density at radius 2 is 1.52 bits per heavy atom. The number of pyridine rings is 1. The number of anilines is 1. The fraction of sp³-hybridized carbons (Fsp3) is 0.103. The van der Waals surface area contributed by atoms with Gasteiger partial charge in [-0.3, -0.25) is 14.6 Å². The van der Waals surface area contributed by atoms with Crippen molar-refractivity contribution in [2.24, 2.45) is 7.05 Å². The van der Waals surface area contributed by atoms with Crippen LogP contribution in [0.5, 0.6) is 0 Å². The number of hydrogen-bond acceptors (Lipinski definition) is 6. The molecule has 0 aliphatic rings. The SMILES string of the molecule is Cn1ncc2cc(N(Cc3ccc(-c4ccc(F)cc4)cn3)C(=O)CN[S+]([O-])c3c(F)c(F)c(F)c(F)c3F)ccc2c1=O. The van der Waals surface area contributed by atoms with Crippen molar-refractivity contribution in [1.29, 1.82) is 0 Å².